The van der Waals surface area contributed by atoms with Gasteiger partial charge in [0.15, 0.2) is 11.4 Å². The fourth-order valence-electron chi connectivity index (χ4n) is 5.03. The second kappa shape index (κ2) is 8.03. The summed E-state index contributed by atoms with van der Waals surface area (Å²) in [5, 5.41) is 11.6. The molecule has 0 fully saturated rings. The molecule has 0 bridgehead atoms. The van der Waals surface area contributed by atoms with Gasteiger partial charge < -0.3 is 10.0 Å². The number of para-hydroxylation sites is 1. The number of hydrogen-bond donors (Lipinski definition) is 1. The van der Waals surface area contributed by atoms with Crippen LogP contribution in [0.25, 0.3) is 0 Å². The first-order valence-electron chi connectivity index (χ1n) is 11.3. The quantitative estimate of drug-likeness (QED) is 0.593. The zero-order chi connectivity index (χ0) is 22.3. The number of amides is 1. The Labute approximate surface area is 188 Å². The molecular weight excluding hydrogens is 398 g/mol. The molecule has 0 unspecified atom stereocenters. The normalized spacial score (nSPS) is 19.6. The standard InChI is InChI=1S/C28H27NO3/c1-19-8-2-3-11-23(19)18-29-25-13-7-6-12-24(25)28(32,27(29)31)17-26(30)22-15-14-20-9-4-5-10-21(20)16-22/h2-3,6-8,11-16,32H,4-5,9-10,17-18H2,1H3/t28-/m0/s1. The van der Waals surface area contributed by atoms with E-state index < -0.39 is 11.5 Å². The van der Waals surface area contributed by atoms with Crippen LogP contribution in [0.1, 0.15) is 57.4 Å². The Morgan fingerprint density at radius 1 is 0.969 bits per heavy atom. The van der Waals surface area contributed by atoms with Crippen LogP contribution in [0, 0.1) is 6.92 Å². The molecule has 1 aliphatic heterocycles. The van der Waals surface area contributed by atoms with Gasteiger partial charge in [-0.1, -0.05) is 54.6 Å². The molecule has 1 aliphatic carbocycles. The molecule has 0 spiro atoms. The summed E-state index contributed by atoms with van der Waals surface area (Å²) in [7, 11) is 0. The van der Waals surface area contributed by atoms with Crippen LogP contribution in [0.4, 0.5) is 5.69 Å². The van der Waals surface area contributed by atoms with E-state index in [0.717, 1.165) is 30.4 Å². The number of carbonyl (C=O) groups excluding carboxylic acids is 2. The van der Waals surface area contributed by atoms with Crippen LogP contribution in [-0.2, 0) is 29.8 Å². The van der Waals surface area contributed by atoms with E-state index >= 15 is 0 Å². The van der Waals surface area contributed by atoms with E-state index in [1.165, 1.54) is 17.5 Å². The number of fused-ring (bicyclic) bond motifs is 2. The van der Waals surface area contributed by atoms with Gasteiger partial charge in [0.2, 0.25) is 0 Å². The van der Waals surface area contributed by atoms with Gasteiger partial charge in [0, 0.05) is 11.1 Å². The number of anilines is 1. The first-order chi connectivity index (χ1) is 15.5. The van der Waals surface area contributed by atoms with Gasteiger partial charge in [-0.25, -0.2) is 0 Å². The highest BCUT2D eigenvalue weighted by molar-refractivity contribution is 6.10. The maximum absolute atomic E-state index is 13.5. The van der Waals surface area contributed by atoms with E-state index in [2.05, 4.69) is 0 Å². The summed E-state index contributed by atoms with van der Waals surface area (Å²) in [6, 6.07) is 21.0. The van der Waals surface area contributed by atoms with Crippen LogP contribution < -0.4 is 4.90 Å². The smallest absolute Gasteiger partial charge is 0.264 e. The number of ketones is 1. The molecule has 162 valence electrons. The number of aryl methyl sites for hydroxylation is 3. The lowest BCUT2D eigenvalue weighted by atomic mass is 9.85. The fourth-order valence-corrected chi connectivity index (χ4v) is 5.03. The van der Waals surface area contributed by atoms with Crippen molar-refractivity contribution in [1.82, 2.24) is 0 Å². The number of rotatable bonds is 5. The predicted octanol–water partition coefficient (Wildman–Crippen LogP) is 4.88. The minimum atomic E-state index is -1.85. The minimum absolute atomic E-state index is 0.207. The molecule has 0 aromatic heterocycles. The van der Waals surface area contributed by atoms with Crippen molar-refractivity contribution in [2.75, 3.05) is 4.90 Å². The van der Waals surface area contributed by atoms with Gasteiger partial charge in [-0.05, 0) is 67.0 Å². The third-order valence-corrected chi connectivity index (χ3v) is 6.92. The van der Waals surface area contributed by atoms with E-state index in [-0.39, 0.29) is 12.2 Å². The molecule has 1 N–H and O–H groups in total. The molecule has 4 nitrogen and oxygen atoms in total. The van der Waals surface area contributed by atoms with E-state index in [0.29, 0.717) is 23.4 Å². The van der Waals surface area contributed by atoms with Gasteiger partial charge >= 0.3 is 0 Å². The predicted molar refractivity (Wildman–Crippen MR) is 125 cm³/mol. The Kier molecular flexibility index (Phi) is 5.18. The van der Waals surface area contributed by atoms with Crippen LogP contribution in [0.3, 0.4) is 0 Å². The molecule has 3 aromatic rings. The van der Waals surface area contributed by atoms with E-state index in [9.17, 15) is 14.7 Å². The van der Waals surface area contributed by atoms with Gasteiger partial charge in [-0.2, -0.15) is 0 Å². The summed E-state index contributed by atoms with van der Waals surface area (Å²) in [6.07, 6.45) is 4.09. The van der Waals surface area contributed by atoms with Crippen LogP contribution >= 0.6 is 0 Å². The lowest BCUT2D eigenvalue weighted by molar-refractivity contribution is -0.136. The summed E-state index contributed by atoms with van der Waals surface area (Å²) in [5.74, 6) is -0.643. The Balaban J connectivity index is 1.46. The molecule has 2 aliphatic rings. The zero-order valence-corrected chi connectivity index (χ0v) is 18.3. The Hall–Kier alpha value is -3.24. The molecule has 0 saturated heterocycles. The molecule has 32 heavy (non-hydrogen) atoms. The first-order valence-corrected chi connectivity index (χ1v) is 11.3. The van der Waals surface area contributed by atoms with Crippen LogP contribution in [-0.4, -0.2) is 16.8 Å². The molecule has 4 heteroatoms. The van der Waals surface area contributed by atoms with Crippen molar-refractivity contribution in [2.45, 2.75) is 51.2 Å². The molecular formula is C28H27NO3. The van der Waals surface area contributed by atoms with Crippen molar-refractivity contribution in [3.05, 3.63) is 100 Å². The zero-order valence-electron chi connectivity index (χ0n) is 18.3. The van der Waals surface area contributed by atoms with E-state index in [4.69, 9.17) is 0 Å². The monoisotopic (exact) mass is 425 g/mol. The second-order valence-electron chi connectivity index (χ2n) is 8.99. The second-order valence-corrected chi connectivity index (χ2v) is 8.99. The number of hydrogen-bond acceptors (Lipinski definition) is 3. The molecule has 3 aromatic carbocycles. The molecule has 0 saturated carbocycles. The van der Waals surface area contributed by atoms with Crippen LogP contribution in [0.15, 0.2) is 66.7 Å². The number of Topliss-reactive ketones (excluding diaryl/α,β-unsaturated/α-hetero) is 1. The van der Waals surface area contributed by atoms with Gasteiger partial charge in [-0.15, -0.1) is 0 Å². The maximum atomic E-state index is 13.5. The SMILES string of the molecule is Cc1ccccc1CN1C(=O)[C@](O)(CC(=O)c2ccc3c(c2)CCCC3)c2ccccc21. The van der Waals surface area contributed by atoms with E-state index in [1.54, 1.807) is 17.0 Å². The summed E-state index contributed by atoms with van der Waals surface area (Å²) in [5.41, 5.74) is 4.51. The minimum Gasteiger partial charge on any atom is -0.375 e. The summed E-state index contributed by atoms with van der Waals surface area (Å²) in [6.45, 7) is 2.37. The lowest BCUT2D eigenvalue weighted by Gasteiger charge is -2.24. The molecule has 1 atom stereocenters. The van der Waals surface area contributed by atoms with Crippen molar-refractivity contribution in [2.24, 2.45) is 0 Å². The summed E-state index contributed by atoms with van der Waals surface area (Å²) < 4.78 is 0. The Morgan fingerprint density at radius 2 is 1.69 bits per heavy atom. The highest BCUT2D eigenvalue weighted by Gasteiger charge is 2.50. The number of benzene rings is 3. The van der Waals surface area contributed by atoms with Crippen molar-refractivity contribution in [1.29, 1.82) is 0 Å². The topological polar surface area (TPSA) is 57.6 Å². The Bertz CT molecular complexity index is 1210. The maximum Gasteiger partial charge on any atom is 0.264 e. The molecule has 5 rings (SSSR count). The van der Waals surface area contributed by atoms with Gasteiger partial charge in [-0.3, -0.25) is 9.59 Å². The molecule has 0 radical (unpaired) electrons. The third kappa shape index (κ3) is 3.45. The average molecular weight is 426 g/mol. The Morgan fingerprint density at radius 3 is 2.50 bits per heavy atom. The number of carbonyl (C=O) groups is 2. The van der Waals surface area contributed by atoms with Crippen LogP contribution in [0.2, 0.25) is 0 Å². The van der Waals surface area contributed by atoms with Crippen molar-refractivity contribution in [3.8, 4) is 0 Å². The van der Waals surface area contributed by atoms with Gasteiger partial charge in [0.25, 0.3) is 5.91 Å². The van der Waals surface area contributed by atoms with E-state index in [1.807, 2.05) is 61.5 Å². The van der Waals surface area contributed by atoms with Gasteiger partial charge in [0.05, 0.1) is 18.7 Å². The van der Waals surface area contributed by atoms with Crippen molar-refractivity contribution < 1.29 is 14.7 Å². The molecule has 1 heterocycles. The first kappa shape index (κ1) is 20.7. The number of aliphatic hydroxyl groups is 1. The third-order valence-electron chi connectivity index (χ3n) is 6.92. The average Bonchev–Trinajstić information content (AvgIpc) is 3.02. The van der Waals surface area contributed by atoms with Crippen molar-refractivity contribution in [3.63, 3.8) is 0 Å². The van der Waals surface area contributed by atoms with Gasteiger partial charge in [0.1, 0.15) is 0 Å². The molecule has 1 amide bonds. The summed E-state index contributed by atoms with van der Waals surface area (Å²) in [4.78, 5) is 28.4. The number of nitrogens with zero attached hydrogens (tertiary/aromatic N) is 1. The highest BCUT2D eigenvalue weighted by Crippen LogP contribution is 2.43. The van der Waals surface area contributed by atoms with Crippen molar-refractivity contribution >= 4 is 17.4 Å². The van der Waals surface area contributed by atoms with Crippen LogP contribution in [0.5, 0.6) is 0 Å². The summed E-state index contributed by atoms with van der Waals surface area (Å²) >= 11 is 0. The highest BCUT2D eigenvalue weighted by atomic mass is 16.3. The largest absolute Gasteiger partial charge is 0.375 e. The lowest BCUT2D eigenvalue weighted by Crippen LogP contribution is -2.41. The fraction of sp³-hybridized carbons (Fsp3) is 0.286.